The summed E-state index contributed by atoms with van der Waals surface area (Å²) in [7, 11) is 0. The Morgan fingerprint density at radius 2 is 1.72 bits per heavy atom. The van der Waals surface area contributed by atoms with Crippen LogP contribution in [0.4, 0.5) is 13.2 Å². The molecule has 1 aliphatic rings. The number of nitrogens with zero attached hydrogens (tertiary/aromatic N) is 4. The van der Waals surface area contributed by atoms with Gasteiger partial charge >= 0.3 is 6.18 Å². The van der Waals surface area contributed by atoms with Crippen molar-refractivity contribution in [3.05, 3.63) is 84.0 Å². The minimum absolute atomic E-state index is 0.00514. The molecule has 0 saturated heterocycles. The van der Waals surface area contributed by atoms with Crippen LogP contribution in [0.15, 0.2) is 71.3 Å². The molecule has 2 aromatic carbocycles. The number of rotatable bonds is 9. The lowest BCUT2D eigenvalue weighted by atomic mass is 9.97. The van der Waals surface area contributed by atoms with E-state index in [4.69, 9.17) is 4.42 Å². The molecule has 0 aliphatic heterocycles. The summed E-state index contributed by atoms with van der Waals surface area (Å²) in [5.74, 6) is -0.0118. The molecule has 0 spiro atoms. The molecule has 11 heteroatoms. The second-order valence-corrected chi connectivity index (χ2v) is 9.51. The number of alkyl halides is 3. The van der Waals surface area contributed by atoms with E-state index >= 15 is 0 Å². The van der Waals surface area contributed by atoms with Crippen molar-refractivity contribution in [1.29, 1.82) is 0 Å². The van der Waals surface area contributed by atoms with E-state index in [-0.39, 0.29) is 30.6 Å². The molecule has 2 atom stereocenters. The predicted octanol–water partition coefficient (Wildman–Crippen LogP) is 5.60. The topological polar surface area (TPSA) is 103 Å². The second-order valence-electron chi connectivity index (χ2n) is 9.51. The molecule has 4 aromatic rings. The monoisotopic (exact) mass is 537 g/mol. The first-order valence-corrected chi connectivity index (χ1v) is 12.7. The van der Waals surface area contributed by atoms with Gasteiger partial charge in [-0.05, 0) is 49.9 Å². The first kappa shape index (κ1) is 26.3. The fourth-order valence-electron chi connectivity index (χ4n) is 4.82. The molecule has 1 saturated carbocycles. The normalized spacial score (nSPS) is 17.3. The highest BCUT2D eigenvalue weighted by Gasteiger charge is 2.39. The van der Waals surface area contributed by atoms with Crippen LogP contribution in [0.2, 0.25) is 0 Å². The SMILES string of the molecule is O=C(NCCCC(=O)C1CCC(c2nnc(-c3ccccc3)o2)C1)c1cn(-c2ccccc2)nc1C(F)(F)F. The number of carbonyl (C=O) groups is 2. The highest BCUT2D eigenvalue weighted by atomic mass is 19.4. The van der Waals surface area contributed by atoms with Gasteiger partial charge in [0.25, 0.3) is 5.91 Å². The summed E-state index contributed by atoms with van der Waals surface area (Å²) < 4.78 is 47.5. The Morgan fingerprint density at radius 1 is 1.00 bits per heavy atom. The van der Waals surface area contributed by atoms with E-state index < -0.39 is 23.3 Å². The Kier molecular flexibility index (Phi) is 7.58. The molecule has 2 aromatic heterocycles. The summed E-state index contributed by atoms with van der Waals surface area (Å²) in [4.78, 5) is 25.4. The maximum Gasteiger partial charge on any atom is 0.435 e. The zero-order valence-corrected chi connectivity index (χ0v) is 20.9. The van der Waals surface area contributed by atoms with Crippen molar-refractivity contribution in [3.8, 4) is 17.1 Å². The molecule has 1 fully saturated rings. The van der Waals surface area contributed by atoms with E-state index in [1.807, 2.05) is 30.3 Å². The van der Waals surface area contributed by atoms with Gasteiger partial charge in [0, 0.05) is 36.6 Å². The molecule has 39 heavy (non-hydrogen) atoms. The molecule has 202 valence electrons. The Bertz CT molecular complexity index is 1430. The summed E-state index contributed by atoms with van der Waals surface area (Å²) in [6, 6.07) is 17.7. The zero-order chi connectivity index (χ0) is 27.4. The highest BCUT2D eigenvalue weighted by molar-refractivity contribution is 5.95. The molecule has 8 nitrogen and oxygen atoms in total. The maximum absolute atomic E-state index is 13.5. The number of benzene rings is 2. The number of ketones is 1. The number of halogens is 3. The summed E-state index contributed by atoms with van der Waals surface area (Å²) in [5, 5.41) is 14.4. The third-order valence-electron chi connectivity index (χ3n) is 6.83. The summed E-state index contributed by atoms with van der Waals surface area (Å²) in [6.07, 6.45) is -1.12. The van der Waals surface area contributed by atoms with Crippen LogP contribution in [0.1, 0.15) is 60.0 Å². The van der Waals surface area contributed by atoms with Crippen molar-refractivity contribution >= 4 is 11.7 Å². The van der Waals surface area contributed by atoms with Gasteiger partial charge in [0.1, 0.15) is 5.78 Å². The van der Waals surface area contributed by atoms with Crippen LogP contribution in [-0.2, 0) is 11.0 Å². The molecule has 1 amide bonds. The van der Waals surface area contributed by atoms with Crippen molar-refractivity contribution in [2.24, 2.45) is 5.92 Å². The number of para-hydroxylation sites is 1. The van der Waals surface area contributed by atoms with Crippen LogP contribution >= 0.6 is 0 Å². The van der Waals surface area contributed by atoms with Gasteiger partial charge in [-0.3, -0.25) is 9.59 Å². The highest BCUT2D eigenvalue weighted by Crippen LogP contribution is 2.39. The van der Waals surface area contributed by atoms with E-state index in [0.717, 1.165) is 22.9 Å². The number of Topliss-reactive ketones (excluding diaryl/α,β-unsaturated/α-hetero) is 1. The van der Waals surface area contributed by atoms with E-state index in [1.165, 1.54) is 0 Å². The molecule has 2 unspecified atom stereocenters. The zero-order valence-electron chi connectivity index (χ0n) is 20.9. The summed E-state index contributed by atoms with van der Waals surface area (Å²) in [5.41, 5.74) is -0.586. The minimum Gasteiger partial charge on any atom is -0.420 e. The Morgan fingerprint density at radius 3 is 2.44 bits per heavy atom. The molecule has 0 radical (unpaired) electrons. The van der Waals surface area contributed by atoms with Gasteiger partial charge < -0.3 is 9.73 Å². The van der Waals surface area contributed by atoms with Gasteiger partial charge in [-0.15, -0.1) is 10.2 Å². The van der Waals surface area contributed by atoms with Crippen molar-refractivity contribution < 1.29 is 27.2 Å². The van der Waals surface area contributed by atoms with Crippen molar-refractivity contribution in [2.75, 3.05) is 6.54 Å². The molecular formula is C28H26F3N5O3. The number of hydrogen-bond acceptors (Lipinski definition) is 6. The predicted molar refractivity (Wildman–Crippen MR) is 135 cm³/mol. The summed E-state index contributed by atoms with van der Waals surface area (Å²) in [6.45, 7) is 0.0681. The number of aromatic nitrogens is 4. The van der Waals surface area contributed by atoms with Crippen molar-refractivity contribution in [3.63, 3.8) is 0 Å². The number of carbonyl (C=O) groups excluding carboxylic acids is 2. The van der Waals surface area contributed by atoms with Gasteiger partial charge in [0.2, 0.25) is 11.8 Å². The van der Waals surface area contributed by atoms with Gasteiger partial charge in [0.15, 0.2) is 5.69 Å². The largest absolute Gasteiger partial charge is 0.435 e. The lowest BCUT2D eigenvalue weighted by Crippen LogP contribution is -2.27. The lowest BCUT2D eigenvalue weighted by molar-refractivity contribution is -0.141. The van der Waals surface area contributed by atoms with Crippen molar-refractivity contribution in [1.82, 2.24) is 25.3 Å². The molecule has 1 N–H and O–H groups in total. The van der Waals surface area contributed by atoms with Gasteiger partial charge in [-0.1, -0.05) is 36.4 Å². The van der Waals surface area contributed by atoms with E-state index in [0.29, 0.717) is 36.7 Å². The van der Waals surface area contributed by atoms with Gasteiger partial charge in [-0.25, -0.2) is 4.68 Å². The Labute approximate surface area is 222 Å². The fourth-order valence-corrected chi connectivity index (χ4v) is 4.82. The molecule has 2 heterocycles. The van der Waals surface area contributed by atoms with Crippen LogP contribution in [0.25, 0.3) is 17.1 Å². The third-order valence-corrected chi connectivity index (χ3v) is 6.83. The Balaban J connectivity index is 1.12. The summed E-state index contributed by atoms with van der Waals surface area (Å²) >= 11 is 0. The standard InChI is InChI=1S/C28H26F3N5O3/c29-28(30,31)24-22(17-36(35-24)21-10-5-2-6-11-21)25(38)32-15-7-12-23(37)19-13-14-20(16-19)27-34-33-26(39-27)18-8-3-1-4-9-18/h1-6,8-11,17,19-20H,7,12-16H2,(H,32,38). The fraction of sp³-hybridized carbons (Fsp3) is 0.321. The van der Waals surface area contributed by atoms with Crippen LogP contribution < -0.4 is 5.32 Å². The molecule has 1 aliphatic carbocycles. The van der Waals surface area contributed by atoms with Crippen LogP contribution in [0, 0.1) is 5.92 Å². The number of amides is 1. The minimum atomic E-state index is -4.79. The quantitative estimate of drug-likeness (QED) is 0.279. The third kappa shape index (κ3) is 6.08. The van der Waals surface area contributed by atoms with Crippen LogP contribution in [-0.4, -0.2) is 38.2 Å². The van der Waals surface area contributed by atoms with Gasteiger partial charge in [0.05, 0.1) is 11.3 Å². The first-order valence-electron chi connectivity index (χ1n) is 12.7. The van der Waals surface area contributed by atoms with E-state index in [1.54, 1.807) is 30.3 Å². The number of hydrogen-bond donors (Lipinski definition) is 1. The Hall–Kier alpha value is -4.28. The first-order chi connectivity index (χ1) is 18.8. The van der Waals surface area contributed by atoms with E-state index in [2.05, 4.69) is 20.6 Å². The smallest absolute Gasteiger partial charge is 0.420 e. The van der Waals surface area contributed by atoms with Crippen LogP contribution in [0.3, 0.4) is 0 Å². The number of nitrogens with one attached hydrogen (secondary N) is 1. The van der Waals surface area contributed by atoms with Gasteiger partial charge in [-0.2, -0.15) is 18.3 Å². The van der Waals surface area contributed by atoms with Crippen LogP contribution in [0.5, 0.6) is 0 Å². The molecule has 5 rings (SSSR count). The molecular weight excluding hydrogens is 511 g/mol. The second kappa shape index (κ2) is 11.2. The lowest BCUT2D eigenvalue weighted by Gasteiger charge is -2.10. The average molecular weight is 538 g/mol. The maximum atomic E-state index is 13.5. The average Bonchev–Trinajstić information content (AvgIpc) is 3.71. The van der Waals surface area contributed by atoms with E-state index in [9.17, 15) is 22.8 Å². The molecule has 0 bridgehead atoms. The van der Waals surface area contributed by atoms with Crippen molar-refractivity contribution in [2.45, 2.75) is 44.2 Å².